The number of carbonyl (C=O) groups is 1. The molecule has 1 aromatic rings. The van der Waals surface area contributed by atoms with E-state index in [0.29, 0.717) is 12.0 Å². The summed E-state index contributed by atoms with van der Waals surface area (Å²) in [7, 11) is 0. The van der Waals surface area contributed by atoms with Crippen LogP contribution in [-0.2, 0) is 0 Å². The summed E-state index contributed by atoms with van der Waals surface area (Å²) in [6, 6.07) is 3.51. The lowest BCUT2D eigenvalue weighted by Crippen LogP contribution is -2.33. The fourth-order valence-corrected chi connectivity index (χ4v) is 1.18. The summed E-state index contributed by atoms with van der Waals surface area (Å²) in [6.45, 7) is 3.80. The lowest BCUT2D eigenvalue weighted by molar-refractivity contribution is 0.0934. The van der Waals surface area contributed by atoms with Gasteiger partial charge in [-0.3, -0.25) is 9.78 Å². The minimum atomic E-state index is -0.150. The number of aliphatic hydroxyl groups is 1. The molecular weight excluding hydrogens is 192 g/mol. The van der Waals surface area contributed by atoms with E-state index in [9.17, 15) is 4.79 Å². The summed E-state index contributed by atoms with van der Waals surface area (Å²) in [5.74, 6) is -0.150. The molecule has 0 fully saturated rings. The summed E-state index contributed by atoms with van der Waals surface area (Å²) >= 11 is 0. The van der Waals surface area contributed by atoms with Crippen molar-refractivity contribution >= 4 is 5.91 Å². The first-order valence-corrected chi connectivity index (χ1v) is 4.98. The van der Waals surface area contributed by atoms with Crippen LogP contribution in [0, 0.1) is 6.92 Å². The van der Waals surface area contributed by atoms with Gasteiger partial charge >= 0.3 is 0 Å². The molecule has 15 heavy (non-hydrogen) atoms. The van der Waals surface area contributed by atoms with Gasteiger partial charge in [0.1, 0.15) is 0 Å². The number of carbonyl (C=O) groups excluding carboxylic acids is 1. The Morgan fingerprint density at radius 2 is 2.33 bits per heavy atom. The third kappa shape index (κ3) is 3.67. The van der Waals surface area contributed by atoms with E-state index >= 15 is 0 Å². The third-order valence-corrected chi connectivity index (χ3v) is 2.11. The van der Waals surface area contributed by atoms with Gasteiger partial charge in [-0.05, 0) is 32.4 Å². The maximum absolute atomic E-state index is 11.6. The molecule has 4 heteroatoms. The minimum Gasteiger partial charge on any atom is -0.396 e. The van der Waals surface area contributed by atoms with Crippen LogP contribution in [0.2, 0.25) is 0 Å². The zero-order valence-electron chi connectivity index (χ0n) is 9.03. The molecule has 82 valence electrons. The first kappa shape index (κ1) is 11.7. The van der Waals surface area contributed by atoms with E-state index < -0.39 is 0 Å². The Kier molecular flexibility index (Phi) is 4.24. The summed E-state index contributed by atoms with van der Waals surface area (Å²) in [6.07, 6.45) is 2.11. The van der Waals surface area contributed by atoms with Crippen molar-refractivity contribution in [2.45, 2.75) is 26.3 Å². The van der Waals surface area contributed by atoms with Crippen LogP contribution in [0.1, 0.15) is 29.4 Å². The zero-order chi connectivity index (χ0) is 11.3. The molecule has 1 amide bonds. The second-order valence-corrected chi connectivity index (χ2v) is 3.58. The van der Waals surface area contributed by atoms with Gasteiger partial charge in [0.2, 0.25) is 0 Å². The molecule has 0 aliphatic carbocycles. The van der Waals surface area contributed by atoms with Crippen LogP contribution >= 0.6 is 0 Å². The number of pyridine rings is 1. The highest BCUT2D eigenvalue weighted by Crippen LogP contribution is 2.00. The molecule has 0 saturated heterocycles. The van der Waals surface area contributed by atoms with Gasteiger partial charge in [0, 0.05) is 24.5 Å². The van der Waals surface area contributed by atoms with E-state index in [4.69, 9.17) is 5.11 Å². The van der Waals surface area contributed by atoms with E-state index in [1.807, 2.05) is 13.8 Å². The number of hydrogen-bond acceptors (Lipinski definition) is 3. The van der Waals surface area contributed by atoms with E-state index in [1.165, 1.54) is 0 Å². The van der Waals surface area contributed by atoms with E-state index in [1.54, 1.807) is 18.3 Å². The standard InChI is InChI=1S/C11H16N2O2/c1-8-3-4-10(7-12-8)11(15)13-9(2)5-6-14/h3-4,7,9,14H,5-6H2,1-2H3,(H,13,15). The molecule has 1 aromatic heterocycles. The zero-order valence-corrected chi connectivity index (χ0v) is 9.03. The smallest absolute Gasteiger partial charge is 0.253 e. The fourth-order valence-electron chi connectivity index (χ4n) is 1.18. The van der Waals surface area contributed by atoms with Crippen LogP contribution in [-0.4, -0.2) is 28.6 Å². The van der Waals surface area contributed by atoms with Crippen LogP contribution in [0.15, 0.2) is 18.3 Å². The number of nitrogens with one attached hydrogen (secondary N) is 1. The van der Waals surface area contributed by atoms with Gasteiger partial charge in [0.25, 0.3) is 5.91 Å². The molecule has 0 radical (unpaired) electrons. The van der Waals surface area contributed by atoms with E-state index in [2.05, 4.69) is 10.3 Å². The first-order chi connectivity index (χ1) is 7.13. The van der Waals surface area contributed by atoms with Crippen LogP contribution in [0.4, 0.5) is 0 Å². The second-order valence-electron chi connectivity index (χ2n) is 3.58. The molecule has 0 aliphatic heterocycles. The van der Waals surface area contributed by atoms with Gasteiger partial charge in [-0.2, -0.15) is 0 Å². The highest BCUT2D eigenvalue weighted by Gasteiger charge is 2.08. The molecule has 1 rings (SSSR count). The minimum absolute atomic E-state index is 0.0243. The molecule has 2 N–H and O–H groups in total. The highest BCUT2D eigenvalue weighted by molar-refractivity contribution is 5.94. The number of hydrogen-bond donors (Lipinski definition) is 2. The SMILES string of the molecule is Cc1ccc(C(=O)NC(C)CCO)cn1. The van der Waals surface area contributed by atoms with Gasteiger partial charge in [0.15, 0.2) is 0 Å². The molecule has 1 atom stereocenters. The molecule has 0 aliphatic rings. The van der Waals surface area contributed by atoms with Crippen LogP contribution in [0.3, 0.4) is 0 Å². The van der Waals surface area contributed by atoms with Crippen LogP contribution in [0.5, 0.6) is 0 Å². The van der Waals surface area contributed by atoms with Crippen molar-refractivity contribution in [2.75, 3.05) is 6.61 Å². The molecule has 1 heterocycles. The van der Waals surface area contributed by atoms with Crippen molar-refractivity contribution in [3.05, 3.63) is 29.6 Å². The fraction of sp³-hybridized carbons (Fsp3) is 0.455. The van der Waals surface area contributed by atoms with Crippen LogP contribution in [0.25, 0.3) is 0 Å². The Balaban J connectivity index is 2.57. The van der Waals surface area contributed by atoms with Gasteiger partial charge in [-0.15, -0.1) is 0 Å². The Hall–Kier alpha value is -1.42. The Morgan fingerprint density at radius 1 is 1.60 bits per heavy atom. The number of nitrogens with zero attached hydrogens (tertiary/aromatic N) is 1. The average Bonchev–Trinajstić information content (AvgIpc) is 2.18. The van der Waals surface area contributed by atoms with E-state index in [0.717, 1.165) is 5.69 Å². The topological polar surface area (TPSA) is 62.2 Å². The predicted molar refractivity (Wildman–Crippen MR) is 57.6 cm³/mol. The molecule has 0 saturated carbocycles. The molecular formula is C11H16N2O2. The van der Waals surface area contributed by atoms with Gasteiger partial charge in [0.05, 0.1) is 5.56 Å². The molecule has 0 spiro atoms. The Morgan fingerprint density at radius 3 is 2.87 bits per heavy atom. The maximum atomic E-state index is 11.6. The Bertz CT molecular complexity index is 322. The average molecular weight is 208 g/mol. The monoisotopic (exact) mass is 208 g/mol. The largest absolute Gasteiger partial charge is 0.396 e. The second kappa shape index (κ2) is 5.46. The maximum Gasteiger partial charge on any atom is 0.253 e. The molecule has 4 nitrogen and oxygen atoms in total. The number of aromatic nitrogens is 1. The normalized spacial score (nSPS) is 12.2. The van der Waals surface area contributed by atoms with Crippen LogP contribution < -0.4 is 5.32 Å². The first-order valence-electron chi connectivity index (χ1n) is 4.98. The molecule has 0 aromatic carbocycles. The summed E-state index contributed by atoms with van der Waals surface area (Å²) in [5, 5.41) is 11.5. The number of aliphatic hydroxyl groups excluding tert-OH is 1. The number of aryl methyl sites for hydroxylation is 1. The van der Waals surface area contributed by atoms with Crippen molar-refractivity contribution in [2.24, 2.45) is 0 Å². The quantitative estimate of drug-likeness (QED) is 0.772. The lowest BCUT2D eigenvalue weighted by Gasteiger charge is -2.11. The number of rotatable bonds is 4. The highest BCUT2D eigenvalue weighted by atomic mass is 16.3. The van der Waals surface area contributed by atoms with Crippen molar-refractivity contribution in [3.63, 3.8) is 0 Å². The predicted octanol–water partition coefficient (Wildman–Crippen LogP) is 0.891. The van der Waals surface area contributed by atoms with Gasteiger partial charge in [-0.25, -0.2) is 0 Å². The summed E-state index contributed by atoms with van der Waals surface area (Å²) in [5.41, 5.74) is 1.43. The molecule has 1 unspecified atom stereocenters. The van der Waals surface area contributed by atoms with Crippen molar-refractivity contribution in [1.29, 1.82) is 0 Å². The third-order valence-electron chi connectivity index (χ3n) is 2.11. The summed E-state index contributed by atoms with van der Waals surface area (Å²) < 4.78 is 0. The van der Waals surface area contributed by atoms with Crippen molar-refractivity contribution in [1.82, 2.24) is 10.3 Å². The van der Waals surface area contributed by atoms with E-state index in [-0.39, 0.29) is 18.6 Å². The van der Waals surface area contributed by atoms with Crippen molar-refractivity contribution in [3.8, 4) is 0 Å². The summed E-state index contributed by atoms with van der Waals surface area (Å²) in [4.78, 5) is 15.7. The Labute approximate surface area is 89.3 Å². The van der Waals surface area contributed by atoms with Gasteiger partial charge in [-0.1, -0.05) is 0 Å². The van der Waals surface area contributed by atoms with Gasteiger partial charge < -0.3 is 10.4 Å². The van der Waals surface area contributed by atoms with Crippen molar-refractivity contribution < 1.29 is 9.90 Å². The molecule has 0 bridgehead atoms. The number of amides is 1. The lowest BCUT2D eigenvalue weighted by atomic mass is 10.2.